The molecule has 454 valence electrons. The number of hydrogen-bond donors (Lipinski definition) is 11. The summed E-state index contributed by atoms with van der Waals surface area (Å²) >= 11 is -1.70. The van der Waals surface area contributed by atoms with Crippen molar-refractivity contribution >= 4 is 47.3 Å². The standard InChI is InChI=1S/C57H82NO20.2CH3.Sn.H/c1-52(2)20-21-57(35(62)13-10-22-58-47(70)28-11-8-7-9-12-28)30(23-52)29-14-15-34-53(3)18-17-37(54(4,27-60)33(53)16-19-55(34,5)56(29,6)24-36(57)63)75-51-46(78-50-42(68)40(66)39(65)32(25-59)74-50)44(43(69)45(77-51)48(71)72)76-49-41(67)38(64)31(61)26-73-49;;;;/h8-9,11-12,14,27,30-34,36-46,49-51,59,61,63-69H,10,13,15-26H2,1-6H3,(H,58,70)(H,71,72);2*1H3;;/t30?,31-,32?,33-,34?,36+,37+,38+,39+,40+,41+,42+,43+,44+,45?,46+,49?,50?,51?,53?,54-,55+,56-,57?;;;;/m1..../s1. The van der Waals surface area contributed by atoms with Crippen LogP contribution in [0.15, 0.2) is 35.9 Å². The van der Waals surface area contributed by atoms with Gasteiger partial charge >= 0.3 is 139 Å². The van der Waals surface area contributed by atoms with Gasteiger partial charge in [0.05, 0.1) is 24.7 Å². The Labute approximate surface area is 480 Å². The van der Waals surface area contributed by atoms with Crippen LogP contribution < -0.4 is 8.90 Å². The third-order valence-electron chi connectivity index (χ3n) is 21.8. The quantitative estimate of drug-likeness (QED) is 0.0361. The molecular weight excluding hydrogens is 1160 g/mol. The molecule has 1 aromatic rings. The molecule has 7 fully saturated rings. The van der Waals surface area contributed by atoms with E-state index in [0.29, 0.717) is 57.1 Å². The zero-order chi connectivity index (χ0) is 59.1. The molecule has 9 unspecified atom stereocenters. The second-order valence-corrected chi connectivity index (χ2v) is 35.6. The summed E-state index contributed by atoms with van der Waals surface area (Å²) < 4.78 is 37.6. The first kappa shape index (κ1) is 63.0. The van der Waals surface area contributed by atoms with Crippen molar-refractivity contribution in [3.05, 3.63) is 41.5 Å². The fourth-order valence-electron chi connectivity index (χ4n) is 16.7. The molecule has 24 atom stereocenters. The number of aliphatic hydroxyl groups is 9. The summed E-state index contributed by atoms with van der Waals surface area (Å²) in [5, 5.41) is 112. The van der Waals surface area contributed by atoms with Crippen molar-refractivity contribution in [2.75, 3.05) is 19.8 Å². The van der Waals surface area contributed by atoms with Gasteiger partial charge in [-0.05, 0) is 84.9 Å². The number of allylic oxidation sites excluding steroid dienone is 2. The second-order valence-electron chi connectivity index (χ2n) is 27.1. The number of Topliss-reactive ketones (excluding diaryl/α,β-unsaturated/α-hetero) is 1. The maximum atomic E-state index is 15.0. The van der Waals surface area contributed by atoms with E-state index in [2.05, 4.69) is 55.9 Å². The fourth-order valence-corrected chi connectivity index (χ4v) is 19.5. The summed E-state index contributed by atoms with van der Waals surface area (Å²) in [6.45, 7) is 12.0. The zero-order valence-corrected chi connectivity index (χ0v) is 51.3. The van der Waals surface area contributed by atoms with Gasteiger partial charge in [0.1, 0.15) is 67.3 Å². The van der Waals surface area contributed by atoms with Crippen molar-refractivity contribution in [3.8, 4) is 0 Å². The Hall–Kier alpha value is -2.56. The third-order valence-corrected chi connectivity index (χ3v) is 26.7. The molecule has 8 aliphatic rings. The normalized spacial score (nSPS) is 46.7. The van der Waals surface area contributed by atoms with E-state index >= 15 is 0 Å². The van der Waals surface area contributed by atoms with Crippen LogP contribution in [0.3, 0.4) is 0 Å². The van der Waals surface area contributed by atoms with Gasteiger partial charge in [-0.25, -0.2) is 4.79 Å². The number of fused-ring (bicyclic) bond motifs is 7. The van der Waals surface area contributed by atoms with Gasteiger partial charge in [0.25, 0.3) is 0 Å². The molecule has 9 rings (SSSR count). The molecule has 3 aliphatic heterocycles. The van der Waals surface area contributed by atoms with Crippen molar-refractivity contribution in [2.45, 2.75) is 220 Å². The van der Waals surface area contributed by atoms with Gasteiger partial charge in [-0.1, -0.05) is 53.2 Å². The van der Waals surface area contributed by atoms with E-state index in [9.17, 15) is 70.2 Å². The van der Waals surface area contributed by atoms with Crippen LogP contribution in [0.1, 0.15) is 123 Å². The molecular formula is C59H89NO20Sn. The number of carboxylic acid groups (broad SMARTS) is 1. The van der Waals surface area contributed by atoms with Gasteiger partial charge in [-0.3, -0.25) is 0 Å². The number of amides is 1. The van der Waals surface area contributed by atoms with E-state index in [1.54, 1.807) is 6.92 Å². The van der Waals surface area contributed by atoms with E-state index in [4.69, 9.17) is 28.4 Å². The zero-order valence-electron chi connectivity index (χ0n) is 48.0. The van der Waals surface area contributed by atoms with Crippen LogP contribution in [0.25, 0.3) is 0 Å². The summed E-state index contributed by atoms with van der Waals surface area (Å²) in [4.78, 5) is 59.6. The molecule has 81 heavy (non-hydrogen) atoms. The predicted octanol–water partition coefficient (Wildman–Crippen LogP) is 0.976. The van der Waals surface area contributed by atoms with Crippen LogP contribution in [0.4, 0.5) is 0 Å². The fraction of sp³-hybridized carbons (Fsp3) is 0.797. The number of aldehydes is 1. The van der Waals surface area contributed by atoms with E-state index in [-0.39, 0.29) is 47.7 Å². The molecule has 3 saturated heterocycles. The average molecular weight is 1250 g/mol. The minimum absolute atomic E-state index is 0.0219. The molecule has 11 N–H and O–H groups in total. The summed E-state index contributed by atoms with van der Waals surface area (Å²) in [6.07, 6.45) is -19.2. The van der Waals surface area contributed by atoms with E-state index < -0.39 is 164 Å². The molecule has 22 heteroatoms. The first-order valence-electron chi connectivity index (χ1n) is 29.3. The molecule has 1 amide bonds. The number of carbonyl (C=O) groups is 4. The summed E-state index contributed by atoms with van der Waals surface area (Å²) in [6, 6.07) is 7.83. The van der Waals surface area contributed by atoms with Gasteiger partial charge in [0.15, 0.2) is 25.0 Å². The number of aliphatic hydroxyl groups excluding tert-OH is 9. The van der Waals surface area contributed by atoms with Gasteiger partial charge in [0, 0.05) is 0 Å². The number of carbonyl (C=O) groups excluding carboxylic acids is 3. The van der Waals surface area contributed by atoms with Gasteiger partial charge in [-0.2, -0.15) is 0 Å². The van der Waals surface area contributed by atoms with Crippen molar-refractivity contribution in [3.63, 3.8) is 0 Å². The van der Waals surface area contributed by atoms with Gasteiger partial charge in [0.2, 0.25) is 0 Å². The molecule has 5 aliphatic carbocycles. The number of ether oxygens (including phenoxy) is 6. The molecule has 0 spiro atoms. The Morgan fingerprint density at radius 2 is 1.43 bits per heavy atom. The summed E-state index contributed by atoms with van der Waals surface area (Å²) in [5.74, 6) is -2.40. The van der Waals surface area contributed by atoms with Crippen LogP contribution >= 0.6 is 0 Å². The van der Waals surface area contributed by atoms with E-state index in [1.165, 1.54) is 9.15 Å². The van der Waals surface area contributed by atoms with Crippen molar-refractivity contribution in [2.24, 2.45) is 50.2 Å². The molecule has 0 radical (unpaired) electrons. The van der Waals surface area contributed by atoms with Crippen LogP contribution in [-0.4, -0.2) is 213 Å². The van der Waals surface area contributed by atoms with Crippen LogP contribution in [0.2, 0.25) is 9.88 Å². The number of ketones is 1. The summed E-state index contributed by atoms with van der Waals surface area (Å²) in [5.41, 5.74) is -2.07. The first-order valence-corrected chi connectivity index (χ1v) is 37.5. The molecule has 21 nitrogen and oxygen atoms in total. The first-order chi connectivity index (χ1) is 38.0. The van der Waals surface area contributed by atoms with Crippen LogP contribution in [0, 0.1) is 50.2 Å². The third kappa shape index (κ3) is 10.9. The molecule has 0 aromatic heterocycles. The second kappa shape index (κ2) is 23.6. The molecule has 0 bridgehead atoms. The summed E-state index contributed by atoms with van der Waals surface area (Å²) in [7, 11) is 0. The number of hydrogen-bond acceptors (Lipinski definition) is 19. The molecule has 3 heterocycles. The number of nitrogens with one attached hydrogen (secondary N) is 1. The Balaban J connectivity index is 0.980. The van der Waals surface area contributed by atoms with Crippen molar-refractivity contribution < 1.29 is 98.7 Å². The Morgan fingerprint density at radius 1 is 0.753 bits per heavy atom. The van der Waals surface area contributed by atoms with Gasteiger partial charge in [-0.15, -0.1) is 0 Å². The molecule has 4 saturated carbocycles. The number of rotatable bonds is 16. The van der Waals surface area contributed by atoms with E-state index in [1.807, 2.05) is 24.3 Å². The number of carboxylic acids is 1. The Morgan fingerprint density at radius 3 is 2.09 bits per heavy atom. The average Bonchev–Trinajstić information content (AvgIpc) is 0.931. The Kier molecular flexibility index (Phi) is 18.3. The minimum atomic E-state index is -2.15. The number of benzene rings is 1. The van der Waals surface area contributed by atoms with Crippen molar-refractivity contribution in [1.82, 2.24) is 5.32 Å². The number of aliphatic carboxylic acids is 1. The maximum absolute atomic E-state index is 15.0. The van der Waals surface area contributed by atoms with Crippen LogP contribution in [-0.2, 0) is 42.8 Å². The topological polar surface area (TPSA) is 338 Å². The van der Waals surface area contributed by atoms with E-state index in [0.717, 1.165) is 19.1 Å². The molecule has 1 aromatic carbocycles. The Bertz CT molecular complexity index is 2500. The predicted molar refractivity (Wildman–Crippen MR) is 291 cm³/mol. The monoisotopic (exact) mass is 1250 g/mol. The van der Waals surface area contributed by atoms with Crippen LogP contribution in [0.5, 0.6) is 0 Å². The van der Waals surface area contributed by atoms with Gasteiger partial charge < -0.3 is 84.3 Å². The van der Waals surface area contributed by atoms with Crippen molar-refractivity contribution in [1.29, 1.82) is 0 Å². The SMILES string of the molecule is [CH3][SnH]([CH3])[c]1ccc(C(=O)NCCCC(=O)C23CCC(C)(C)CC2C2=CCC4C5(C)CC[C@H](OC6OC(C(=O)O)[C@@H](O)[C@H](OC7OC[C@@H](O)[C@H](O)[C@@H]7O)[C@@H]6OC6OC(CO)[C@H](O)[C@H](O)[C@@H]6O)[C@](C)(C=O)[C@@H]5CC[C@]4(C)[C@]2(C)C[C@@H]3O)cc1.